The van der Waals surface area contributed by atoms with E-state index in [0.717, 1.165) is 30.0 Å². The Kier molecular flexibility index (Phi) is 6.88. The van der Waals surface area contributed by atoms with E-state index >= 15 is 0 Å². The lowest BCUT2D eigenvalue weighted by molar-refractivity contribution is -0.120. The lowest BCUT2D eigenvalue weighted by atomic mass is 9.92. The summed E-state index contributed by atoms with van der Waals surface area (Å²) in [6.07, 6.45) is 10.3. The van der Waals surface area contributed by atoms with Gasteiger partial charge < -0.3 is 15.4 Å². The number of nitrogens with zero attached hydrogens (tertiary/aromatic N) is 3. The Morgan fingerprint density at radius 3 is 2.50 bits per heavy atom. The molecule has 0 saturated heterocycles. The number of carbonyl (C=O) groups excluding carboxylic acids is 1. The summed E-state index contributed by atoms with van der Waals surface area (Å²) in [6, 6.07) is 0.704. The van der Waals surface area contributed by atoms with Crippen molar-refractivity contribution in [2.75, 3.05) is 14.1 Å². The monoisotopic (exact) mass is 404 g/mol. The van der Waals surface area contributed by atoms with Crippen LogP contribution in [0.4, 0.5) is 0 Å². The summed E-state index contributed by atoms with van der Waals surface area (Å²) >= 11 is 1.83. The molecule has 4 rings (SSSR count). The highest BCUT2D eigenvalue weighted by molar-refractivity contribution is 7.18. The van der Waals surface area contributed by atoms with Crippen LogP contribution in [0, 0.1) is 5.92 Å². The number of aryl methyl sites for hydroxylation is 2. The summed E-state index contributed by atoms with van der Waals surface area (Å²) in [4.78, 5) is 23.8. The molecule has 0 unspecified atom stereocenters. The Morgan fingerprint density at radius 1 is 1.21 bits per heavy atom. The van der Waals surface area contributed by atoms with Crippen LogP contribution in [-0.4, -0.2) is 47.0 Å². The highest BCUT2D eigenvalue weighted by Gasteiger charge is 2.26. The van der Waals surface area contributed by atoms with Gasteiger partial charge in [-0.05, 0) is 64.6 Å². The molecule has 0 spiro atoms. The van der Waals surface area contributed by atoms with Crippen LogP contribution in [0.3, 0.4) is 0 Å². The second-order valence-electron chi connectivity index (χ2n) is 8.29. The molecule has 2 aliphatic carbocycles. The largest absolute Gasteiger partial charge is 0.474 e. The summed E-state index contributed by atoms with van der Waals surface area (Å²) in [5.74, 6) is 0.581. The number of aromatic nitrogens is 2. The van der Waals surface area contributed by atoms with Crippen LogP contribution >= 0.6 is 11.3 Å². The summed E-state index contributed by atoms with van der Waals surface area (Å²) in [6.45, 7) is 3.53. The molecule has 2 aromatic heterocycles. The molecule has 2 N–H and O–H groups in total. The third-order valence-electron chi connectivity index (χ3n) is 5.69. The van der Waals surface area contributed by atoms with Crippen molar-refractivity contribution < 1.29 is 9.53 Å². The Morgan fingerprint density at radius 2 is 1.89 bits per heavy atom. The molecule has 0 radical (unpaired) electrons. The van der Waals surface area contributed by atoms with Gasteiger partial charge in [0.25, 0.3) is 0 Å². The fraction of sp³-hybridized carbons (Fsp3) is 0.667. The van der Waals surface area contributed by atoms with E-state index in [1.54, 1.807) is 20.2 Å². The van der Waals surface area contributed by atoms with Crippen molar-refractivity contribution >= 4 is 27.5 Å². The van der Waals surface area contributed by atoms with Crippen LogP contribution in [0.5, 0.6) is 5.88 Å². The van der Waals surface area contributed by atoms with Crippen molar-refractivity contribution in [3.05, 3.63) is 16.8 Å². The zero-order chi connectivity index (χ0) is 20.3. The van der Waals surface area contributed by atoms with Crippen molar-refractivity contribution in [1.29, 1.82) is 0 Å². The van der Waals surface area contributed by atoms with Gasteiger partial charge in [0, 0.05) is 16.8 Å². The molecule has 6 nitrogen and oxygen atoms in total. The number of primary amides is 1. The molecule has 1 amide bonds. The molecule has 2 heterocycles. The Hall–Kier alpha value is -1.73. The van der Waals surface area contributed by atoms with Crippen LogP contribution in [0.25, 0.3) is 10.2 Å². The van der Waals surface area contributed by atoms with E-state index in [1.807, 2.05) is 11.3 Å². The highest BCUT2D eigenvalue weighted by atomic mass is 32.1. The maximum Gasteiger partial charge on any atom is 0.225 e. The molecule has 0 atom stereocenters. The number of hydrogen-bond acceptors (Lipinski definition) is 6. The van der Waals surface area contributed by atoms with Gasteiger partial charge in [0.1, 0.15) is 17.3 Å². The van der Waals surface area contributed by atoms with Gasteiger partial charge in [0.15, 0.2) is 0 Å². The maximum atomic E-state index is 9.92. The molecule has 7 heteroatoms. The van der Waals surface area contributed by atoms with Crippen molar-refractivity contribution in [3.63, 3.8) is 0 Å². The molecule has 0 bridgehead atoms. The zero-order valence-electron chi connectivity index (χ0n) is 17.4. The van der Waals surface area contributed by atoms with Crippen LogP contribution in [0.15, 0.2) is 6.33 Å². The molecular weight excluding hydrogens is 372 g/mol. The van der Waals surface area contributed by atoms with Gasteiger partial charge in [-0.3, -0.25) is 4.79 Å². The quantitative estimate of drug-likeness (QED) is 0.843. The smallest absolute Gasteiger partial charge is 0.225 e. The van der Waals surface area contributed by atoms with Crippen LogP contribution < -0.4 is 10.5 Å². The Balaban J connectivity index is 0.000000330. The van der Waals surface area contributed by atoms with E-state index in [-0.39, 0.29) is 11.8 Å². The number of carbonyl (C=O) groups is 1. The predicted octanol–water partition coefficient (Wildman–Crippen LogP) is 3.56. The first-order valence-corrected chi connectivity index (χ1v) is 11.1. The van der Waals surface area contributed by atoms with Gasteiger partial charge in [-0.25, -0.2) is 9.97 Å². The number of hydrogen-bond donors (Lipinski definition) is 1. The molecule has 1 saturated carbocycles. The minimum absolute atomic E-state index is 0.00926. The van der Waals surface area contributed by atoms with E-state index in [0.29, 0.717) is 12.1 Å². The molecular formula is C21H32N4O2S. The summed E-state index contributed by atoms with van der Waals surface area (Å²) in [5.41, 5.74) is 6.25. The van der Waals surface area contributed by atoms with Crippen LogP contribution in [0.1, 0.15) is 56.4 Å². The highest BCUT2D eigenvalue weighted by Crippen LogP contribution is 2.40. The second kappa shape index (κ2) is 9.18. The average Bonchev–Trinajstić information content (AvgIpc) is 3.24. The van der Waals surface area contributed by atoms with Crippen molar-refractivity contribution in [2.24, 2.45) is 11.7 Å². The van der Waals surface area contributed by atoms with Gasteiger partial charge in [-0.1, -0.05) is 13.8 Å². The molecule has 2 aliphatic rings. The first-order valence-electron chi connectivity index (χ1n) is 10.2. The van der Waals surface area contributed by atoms with Crippen molar-refractivity contribution in [2.45, 2.75) is 70.9 Å². The molecule has 0 aliphatic heterocycles. The summed E-state index contributed by atoms with van der Waals surface area (Å²) in [5, 5.41) is 1.20. The minimum atomic E-state index is -0.241. The topological polar surface area (TPSA) is 81.3 Å². The number of ether oxygens (including phenoxy) is 1. The fourth-order valence-corrected chi connectivity index (χ4v) is 5.05. The van der Waals surface area contributed by atoms with Crippen LogP contribution in [-0.2, 0) is 17.6 Å². The normalized spacial score (nSPS) is 21.5. The average molecular weight is 405 g/mol. The molecule has 1 fully saturated rings. The Labute approximate surface area is 171 Å². The molecule has 28 heavy (non-hydrogen) atoms. The van der Waals surface area contributed by atoms with E-state index in [2.05, 4.69) is 29.0 Å². The molecule has 2 aromatic rings. The number of rotatable bonds is 4. The summed E-state index contributed by atoms with van der Waals surface area (Å²) < 4.78 is 6.32. The third kappa shape index (κ3) is 4.81. The number of amides is 1. The summed E-state index contributed by atoms with van der Waals surface area (Å²) in [7, 11) is 4.35. The number of fused-ring (bicyclic) bond motifs is 3. The van der Waals surface area contributed by atoms with Gasteiger partial charge in [0.05, 0.1) is 5.39 Å². The van der Waals surface area contributed by atoms with Crippen molar-refractivity contribution in [3.8, 4) is 5.88 Å². The lowest BCUT2D eigenvalue weighted by Crippen LogP contribution is -2.35. The van der Waals surface area contributed by atoms with E-state index in [4.69, 9.17) is 10.5 Å². The SMILES string of the molecule is CC(C)C(N)=O.CN(C)C1CCC(Oc2ncnc3sc4c(c23)CCC4)CC1. The number of nitrogens with two attached hydrogens (primary N) is 1. The zero-order valence-corrected chi connectivity index (χ0v) is 18.2. The first kappa shape index (κ1) is 21.0. The van der Waals surface area contributed by atoms with E-state index in [9.17, 15) is 4.79 Å². The van der Waals surface area contributed by atoms with Gasteiger partial charge in [-0.15, -0.1) is 11.3 Å². The van der Waals surface area contributed by atoms with Gasteiger partial charge >= 0.3 is 0 Å². The van der Waals surface area contributed by atoms with Gasteiger partial charge in [0.2, 0.25) is 11.8 Å². The maximum absolute atomic E-state index is 9.92. The predicted molar refractivity (Wildman–Crippen MR) is 114 cm³/mol. The second-order valence-corrected chi connectivity index (χ2v) is 9.37. The fourth-order valence-electron chi connectivity index (χ4n) is 3.83. The molecule has 154 valence electrons. The van der Waals surface area contributed by atoms with Crippen LogP contribution in [0.2, 0.25) is 0 Å². The van der Waals surface area contributed by atoms with Crippen molar-refractivity contribution in [1.82, 2.24) is 14.9 Å². The van der Waals surface area contributed by atoms with Gasteiger partial charge in [-0.2, -0.15) is 0 Å². The first-order chi connectivity index (χ1) is 13.4. The standard InChI is InChI=1S/C17H23N3OS.C4H9NO/c1-20(2)11-6-8-12(9-7-11)21-16-15-13-4-3-5-14(13)22-17(15)19-10-18-16;1-3(2)4(5)6/h10-12H,3-9H2,1-2H3;3H,1-2H3,(H2,5,6). The third-order valence-corrected chi connectivity index (χ3v) is 6.89. The molecule has 0 aromatic carbocycles. The number of thiophene rings is 1. The van der Waals surface area contributed by atoms with E-state index in [1.165, 1.54) is 41.5 Å². The minimum Gasteiger partial charge on any atom is -0.474 e. The lowest BCUT2D eigenvalue weighted by Gasteiger charge is -2.32. The Bertz CT molecular complexity index is 810. The van der Waals surface area contributed by atoms with E-state index < -0.39 is 0 Å².